The summed E-state index contributed by atoms with van der Waals surface area (Å²) in [6.45, 7) is 1.95. The van der Waals surface area contributed by atoms with Crippen LogP contribution in [0.5, 0.6) is 0 Å². The highest BCUT2D eigenvalue weighted by Gasteiger charge is 2.10. The Kier molecular flexibility index (Phi) is 2.88. The third kappa shape index (κ3) is 2.04. The van der Waals surface area contributed by atoms with E-state index in [1.807, 2.05) is 19.1 Å². The molecular weight excluding hydrogens is 202 g/mol. The molecule has 2 rings (SSSR count). The highest BCUT2D eigenvalue weighted by Crippen LogP contribution is 2.19. The van der Waals surface area contributed by atoms with E-state index in [1.165, 1.54) is 0 Å². The first-order chi connectivity index (χ1) is 7.81. The summed E-state index contributed by atoms with van der Waals surface area (Å²) in [6, 6.07) is 9.25. The molecule has 0 aliphatic carbocycles. The van der Waals surface area contributed by atoms with Gasteiger partial charge in [0.25, 0.3) is 0 Å². The Labute approximate surface area is 93.5 Å². The average Bonchev–Trinajstić information content (AvgIpc) is 2.83. The van der Waals surface area contributed by atoms with Crippen molar-refractivity contribution in [2.45, 2.75) is 13.0 Å². The third-order valence-corrected chi connectivity index (χ3v) is 2.25. The fraction of sp³-hybridized carbons (Fsp3) is 0.167. The summed E-state index contributed by atoms with van der Waals surface area (Å²) in [5.41, 5.74) is 0.529. The topological polar surface area (TPSA) is 61.9 Å². The summed E-state index contributed by atoms with van der Waals surface area (Å²) in [5.74, 6) is 1.39. The smallest absolute Gasteiger partial charge is 0.144 e. The Morgan fingerprint density at radius 3 is 3.00 bits per heavy atom. The Morgan fingerprint density at radius 1 is 1.44 bits per heavy atom. The number of hydrogen-bond donors (Lipinski definition) is 1. The second kappa shape index (κ2) is 4.49. The minimum atomic E-state index is -0.0167. The SMILES string of the molecule is CC(Nc1ncccc1C#N)c1ccco1. The van der Waals surface area contributed by atoms with Crippen LogP contribution in [0, 0.1) is 11.3 Å². The maximum Gasteiger partial charge on any atom is 0.144 e. The largest absolute Gasteiger partial charge is 0.467 e. The maximum absolute atomic E-state index is 8.91. The van der Waals surface area contributed by atoms with Gasteiger partial charge in [0.05, 0.1) is 17.9 Å². The molecule has 1 N–H and O–H groups in total. The third-order valence-electron chi connectivity index (χ3n) is 2.25. The molecule has 2 aromatic heterocycles. The van der Waals surface area contributed by atoms with Crippen molar-refractivity contribution in [3.63, 3.8) is 0 Å². The van der Waals surface area contributed by atoms with Crippen molar-refractivity contribution in [1.29, 1.82) is 5.26 Å². The number of nitriles is 1. The standard InChI is InChI=1S/C12H11N3O/c1-9(11-5-3-7-16-11)15-12-10(8-13)4-2-6-14-12/h2-7,9H,1H3,(H,14,15). The maximum atomic E-state index is 8.91. The van der Waals surface area contributed by atoms with Crippen LogP contribution in [0.2, 0.25) is 0 Å². The molecule has 0 radical (unpaired) electrons. The van der Waals surface area contributed by atoms with Crippen LogP contribution in [0.3, 0.4) is 0 Å². The molecule has 0 spiro atoms. The van der Waals surface area contributed by atoms with Gasteiger partial charge in [0.2, 0.25) is 0 Å². The van der Waals surface area contributed by atoms with E-state index >= 15 is 0 Å². The van der Waals surface area contributed by atoms with E-state index in [-0.39, 0.29) is 6.04 Å². The van der Waals surface area contributed by atoms with Crippen LogP contribution in [-0.2, 0) is 0 Å². The van der Waals surface area contributed by atoms with E-state index in [2.05, 4.69) is 16.4 Å². The predicted octanol–water partition coefficient (Wildman–Crippen LogP) is 2.72. The lowest BCUT2D eigenvalue weighted by molar-refractivity contribution is 0.490. The first-order valence-electron chi connectivity index (χ1n) is 4.96. The average molecular weight is 213 g/mol. The van der Waals surface area contributed by atoms with Crippen molar-refractivity contribution in [3.05, 3.63) is 48.0 Å². The van der Waals surface area contributed by atoms with E-state index in [4.69, 9.17) is 9.68 Å². The first kappa shape index (κ1) is 10.2. The Morgan fingerprint density at radius 2 is 2.31 bits per heavy atom. The van der Waals surface area contributed by atoms with Crippen LogP contribution >= 0.6 is 0 Å². The van der Waals surface area contributed by atoms with E-state index < -0.39 is 0 Å². The quantitative estimate of drug-likeness (QED) is 0.851. The van der Waals surface area contributed by atoms with Crippen LogP contribution in [-0.4, -0.2) is 4.98 Å². The van der Waals surface area contributed by atoms with E-state index in [1.54, 1.807) is 24.6 Å². The van der Waals surface area contributed by atoms with Gasteiger partial charge in [-0.15, -0.1) is 0 Å². The lowest BCUT2D eigenvalue weighted by Gasteiger charge is -2.12. The van der Waals surface area contributed by atoms with Crippen LogP contribution in [0.15, 0.2) is 41.1 Å². The molecule has 2 aromatic rings. The van der Waals surface area contributed by atoms with Gasteiger partial charge in [-0.2, -0.15) is 5.26 Å². The molecule has 0 amide bonds. The highest BCUT2D eigenvalue weighted by molar-refractivity contribution is 5.52. The second-order valence-electron chi connectivity index (χ2n) is 3.39. The fourth-order valence-corrected chi connectivity index (χ4v) is 1.42. The number of hydrogen-bond acceptors (Lipinski definition) is 4. The summed E-state index contributed by atoms with van der Waals surface area (Å²) < 4.78 is 5.27. The zero-order valence-corrected chi connectivity index (χ0v) is 8.84. The lowest BCUT2D eigenvalue weighted by Crippen LogP contribution is -2.08. The first-order valence-corrected chi connectivity index (χ1v) is 4.96. The van der Waals surface area contributed by atoms with Gasteiger partial charge < -0.3 is 9.73 Å². The zero-order chi connectivity index (χ0) is 11.4. The Bertz CT molecular complexity index is 499. The van der Waals surface area contributed by atoms with Crippen molar-refractivity contribution in [2.75, 3.05) is 5.32 Å². The number of rotatable bonds is 3. The second-order valence-corrected chi connectivity index (χ2v) is 3.39. The minimum absolute atomic E-state index is 0.0167. The number of anilines is 1. The highest BCUT2D eigenvalue weighted by atomic mass is 16.3. The number of furan rings is 1. The van der Waals surface area contributed by atoms with E-state index in [0.717, 1.165) is 5.76 Å². The molecule has 0 fully saturated rings. The molecule has 2 heterocycles. The molecule has 0 aromatic carbocycles. The fourth-order valence-electron chi connectivity index (χ4n) is 1.42. The minimum Gasteiger partial charge on any atom is -0.467 e. The summed E-state index contributed by atoms with van der Waals surface area (Å²) in [5, 5.41) is 12.0. The molecule has 4 heteroatoms. The molecule has 1 atom stereocenters. The van der Waals surface area contributed by atoms with Crippen LogP contribution in [0.1, 0.15) is 24.3 Å². The van der Waals surface area contributed by atoms with Crippen LogP contribution < -0.4 is 5.32 Å². The van der Waals surface area contributed by atoms with Crippen molar-refractivity contribution >= 4 is 5.82 Å². The van der Waals surface area contributed by atoms with Crippen LogP contribution in [0.4, 0.5) is 5.82 Å². The van der Waals surface area contributed by atoms with Gasteiger partial charge in [0.15, 0.2) is 0 Å². The van der Waals surface area contributed by atoms with Gasteiger partial charge in [-0.1, -0.05) is 0 Å². The molecule has 4 nitrogen and oxygen atoms in total. The van der Waals surface area contributed by atoms with Gasteiger partial charge >= 0.3 is 0 Å². The summed E-state index contributed by atoms with van der Waals surface area (Å²) in [6.07, 6.45) is 3.27. The van der Waals surface area contributed by atoms with Gasteiger partial charge in [0, 0.05) is 6.20 Å². The summed E-state index contributed by atoms with van der Waals surface area (Å²) in [7, 11) is 0. The Hall–Kier alpha value is -2.28. The van der Waals surface area contributed by atoms with Gasteiger partial charge in [-0.25, -0.2) is 4.98 Å². The molecule has 0 aliphatic rings. The van der Waals surface area contributed by atoms with Crippen molar-refractivity contribution in [3.8, 4) is 6.07 Å². The van der Waals surface area contributed by atoms with Crippen molar-refractivity contribution in [1.82, 2.24) is 4.98 Å². The molecule has 16 heavy (non-hydrogen) atoms. The number of nitrogens with zero attached hydrogens (tertiary/aromatic N) is 2. The van der Waals surface area contributed by atoms with Gasteiger partial charge in [-0.3, -0.25) is 0 Å². The molecular formula is C12H11N3O. The molecule has 0 saturated carbocycles. The van der Waals surface area contributed by atoms with Gasteiger partial charge in [0.1, 0.15) is 17.6 Å². The van der Waals surface area contributed by atoms with Crippen molar-refractivity contribution < 1.29 is 4.42 Å². The molecule has 0 saturated heterocycles. The normalized spacial score (nSPS) is 11.8. The van der Waals surface area contributed by atoms with Gasteiger partial charge in [-0.05, 0) is 31.2 Å². The van der Waals surface area contributed by atoms with E-state index in [9.17, 15) is 0 Å². The zero-order valence-electron chi connectivity index (χ0n) is 8.84. The molecule has 80 valence electrons. The lowest BCUT2D eigenvalue weighted by atomic mass is 10.2. The number of nitrogens with one attached hydrogen (secondary N) is 1. The van der Waals surface area contributed by atoms with Crippen molar-refractivity contribution in [2.24, 2.45) is 0 Å². The number of aromatic nitrogens is 1. The monoisotopic (exact) mass is 213 g/mol. The molecule has 0 bridgehead atoms. The number of pyridine rings is 1. The summed E-state index contributed by atoms with van der Waals surface area (Å²) in [4.78, 5) is 4.12. The predicted molar refractivity (Wildman–Crippen MR) is 59.7 cm³/mol. The Balaban J connectivity index is 2.19. The summed E-state index contributed by atoms with van der Waals surface area (Å²) >= 11 is 0. The van der Waals surface area contributed by atoms with E-state index in [0.29, 0.717) is 11.4 Å². The molecule has 1 unspecified atom stereocenters. The molecule has 0 aliphatic heterocycles. The van der Waals surface area contributed by atoms with Crippen LogP contribution in [0.25, 0.3) is 0 Å².